The SMILES string of the molecule is C/C(=N/OCC(=O)N=[S@](C)(=O)c1ccc(C)cc1)c1ccc(Cl)cc1. The van der Waals surface area contributed by atoms with Gasteiger partial charge in [0.1, 0.15) is 0 Å². The summed E-state index contributed by atoms with van der Waals surface area (Å²) in [4.78, 5) is 17.4. The molecule has 0 saturated carbocycles. The molecule has 0 fully saturated rings. The molecule has 25 heavy (non-hydrogen) atoms. The van der Waals surface area contributed by atoms with Crippen LogP contribution in [0.2, 0.25) is 5.02 Å². The Labute approximate surface area is 152 Å². The maximum Gasteiger partial charge on any atom is 0.294 e. The van der Waals surface area contributed by atoms with Crippen molar-refractivity contribution in [3.63, 3.8) is 0 Å². The minimum Gasteiger partial charge on any atom is -0.385 e. The number of oxime groups is 1. The normalized spacial score (nSPS) is 13.8. The highest BCUT2D eigenvalue weighted by molar-refractivity contribution is 7.93. The zero-order valence-corrected chi connectivity index (χ0v) is 15.8. The van der Waals surface area contributed by atoms with Crippen molar-refractivity contribution in [2.75, 3.05) is 12.9 Å². The van der Waals surface area contributed by atoms with Crippen molar-refractivity contribution in [1.82, 2.24) is 0 Å². The number of rotatable bonds is 5. The van der Waals surface area contributed by atoms with E-state index in [1.54, 1.807) is 43.3 Å². The molecule has 0 aliphatic carbocycles. The van der Waals surface area contributed by atoms with E-state index in [4.69, 9.17) is 16.4 Å². The molecule has 1 atom stereocenters. The number of hydrogen-bond acceptors (Lipinski definition) is 4. The maximum atomic E-state index is 12.6. The number of hydrogen-bond donors (Lipinski definition) is 0. The summed E-state index contributed by atoms with van der Waals surface area (Å²) in [7, 11) is -2.80. The third kappa shape index (κ3) is 5.69. The maximum absolute atomic E-state index is 12.6. The molecule has 0 saturated heterocycles. The summed E-state index contributed by atoms with van der Waals surface area (Å²) in [5.74, 6) is -0.624. The van der Waals surface area contributed by atoms with Gasteiger partial charge in [0.05, 0.1) is 15.4 Å². The predicted molar refractivity (Wildman–Crippen MR) is 101 cm³/mol. The van der Waals surface area contributed by atoms with E-state index >= 15 is 0 Å². The predicted octanol–water partition coefficient (Wildman–Crippen LogP) is 4.07. The van der Waals surface area contributed by atoms with Crippen LogP contribution in [0.4, 0.5) is 0 Å². The van der Waals surface area contributed by atoms with Gasteiger partial charge in [0.25, 0.3) is 5.91 Å². The van der Waals surface area contributed by atoms with Crippen LogP contribution in [0.5, 0.6) is 0 Å². The number of aryl methyl sites for hydroxylation is 1. The minimum atomic E-state index is -2.80. The lowest BCUT2D eigenvalue weighted by Crippen LogP contribution is -2.09. The van der Waals surface area contributed by atoms with E-state index in [2.05, 4.69) is 9.52 Å². The van der Waals surface area contributed by atoms with Crippen LogP contribution in [0.25, 0.3) is 0 Å². The molecule has 0 heterocycles. The summed E-state index contributed by atoms with van der Waals surface area (Å²) in [6.07, 6.45) is 1.43. The molecule has 5 nitrogen and oxygen atoms in total. The summed E-state index contributed by atoms with van der Waals surface area (Å²) in [5, 5.41) is 4.50. The van der Waals surface area contributed by atoms with E-state index in [1.807, 2.05) is 19.1 Å². The fourth-order valence-corrected chi connectivity index (χ4v) is 3.31. The van der Waals surface area contributed by atoms with Crippen LogP contribution in [0, 0.1) is 6.92 Å². The molecule has 0 bridgehead atoms. The highest BCUT2D eigenvalue weighted by atomic mass is 35.5. The highest BCUT2D eigenvalue weighted by Gasteiger charge is 2.10. The fraction of sp³-hybridized carbons (Fsp3) is 0.222. The first-order chi connectivity index (χ1) is 11.8. The van der Waals surface area contributed by atoms with E-state index in [0.717, 1.165) is 11.1 Å². The van der Waals surface area contributed by atoms with Crippen molar-refractivity contribution in [3.8, 4) is 0 Å². The second-order valence-corrected chi connectivity index (χ2v) is 8.25. The average Bonchev–Trinajstić information content (AvgIpc) is 2.55. The molecule has 0 unspecified atom stereocenters. The lowest BCUT2D eigenvalue weighted by molar-refractivity contribution is -0.122. The van der Waals surface area contributed by atoms with Gasteiger partial charge in [-0.3, -0.25) is 4.79 Å². The summed E-state index contributed by atoms with van der Waals surface area (Å²) in [6.45, 7) is 3.31. The van der Waals surface area contributed by atoms with Crippen molar-refractivity contribution < 1.29 is 13.8 Å². The molecule has 2 aromatic carbocycles. The number of carbonyl (C=O) groups is 1. The van der Waals surface area contributed by atoms with Crippen LogP contribution in [-0.4, -0.2) is 28.7 Å². The molecular formula is C18H19ClN2O3S. The smallest absolute Gasteiger partial charge is 0.294 e. The van der Waals surface area contributed by atoms with E-state index in [0.29, 0.717) is 15.6 Å². The third-order valence-corrected chi connectivity index (χ3v) is 5.34. The molecule has 0 aromatic heterocycles. The fourth-order valence-electron chi connectivity index (χ4n) is 1.99. The highest BCUT2D eigenvalue weighted by Crippen LogP contribution is 2.13. The molecule has 7 heteroatoms. The number of benzene rings is 2. The van der Waals surface area contributed by atoms with Crippen LogP contribution in [0.15, 0.2) is 62.9 Å². The topological polar surface area (TPSA) is 68.1 Å². The molecule has 0 aliphatic heterocycles. The molecular weight excluding hydrogens is 360 g/mol. The number of carbonyl (C=O) groups excluding carboxylic acids is 1. The molecule has 0 aliphatic rings. The van der Waals surface area contributed by atoms with E-state index < -0.39 is 15.6 Å². The van der Waals surface area contributed by atoms with Crippen molar-refractivity contribution in [2.24, 2.45) is 9.52 Å². The first-order valence-corrected chi connectivity index (χ1v) is 9.82. The van der Waals surface area contributed by atoms with Gasteiger partial charge in [-0.25, -0.2) is 4.21 Å². The van der Waals surface area contributed by atoms with Crippen LogP contribution < -0.4 is 0 Å². The van der Waals surface area contributed by atoms with Crippen LogP contribution in [-0.2, 0) is 19.4 Å². The van der Waals surface area contributed by atoms with Crippen molar-refractivity contribution in [2.45, 2.75) is 18.7 Å². The Morgan fingerprint density at radius 3 is 2.32 bits per heavy atom. The standard InChI is InChI=1S/C18H19ClN2O3S/c1-13-4-10-17(11-5-13)25(3,23)21-18(22)12-24-20-14(2)15-6-8-16(19)9-7-15/h4-11H,12H2,1-3H3/b20-14-/t25-/m1/s1. The zero-order valence-electron chi connectivity index (χ0n) is 14.2. The third-order valence-electron chi connectivity index (χ3n) is 3.39. The summed E-state index contributed by atoms with van der Waals surface area (Å²) >= 11 is 5.83. The zero-order chi connectivity index (χ0) is 18.4. The van der Waals surface area contributed by atoms with Crippen molar-refractivity contribution in [1.29, 1.82) is 0 Å². The van der Waals surface area contributed by atoms with Gasteiger partial charge in [0, 0.05) is 16.2 Å². The van der Waals surface area contributed by atoms with E-state index in [-0.39, 0.29) is 6.61 Å². The second kappa shape index (κ2) is 8.27. The van der Waals surface area contributed by atoms with Gasteiger partial charge in [0.15, 0.2) is 6.61 Å². The molecule has 0 N–H and O–H groups in total. The summed E-state index contributed by atoms with van der Waals surface area (Å²) in [5.41, 5.74) is 2.47. The van der Waals surface area contributed by atoms with Crippen LogP contribution in [0.3, 0.4) is 0 Å². The van der Waals surface area contributed by atoms with Gasteiger partial charge in [-0.05, 0) is 43.7 Å². The molecule has 2 rings (SSSR count). The molecule has 0 spiro atoms. The van der Waals surface area contributed by atoms with Crippen LogP contribution >= 0.6 is 11.6 Å². The van der Waals surface area contributed by atoms with Crippen molar-refractivity contribution in [3.05, 3.63) is 64.7 Å². The summed E-state index contributed by atoms with van der Waals surface area (Å²) < 4.78 is 16.3. The Morgan fingerprint density at radius 1 is 1.12 bits per heavy atom. The van der Waals surface area contributed by atoms with Gasteiger partial charge >= 0.3 is 0 Å². The molecule has 132 valence electrons. The number of halogens is 1. The van der Waals surface area contributed by atoms with E-state index in [1.165, 1.54) is 6.26 Å². The Balaban J connectivity index is 2.02. The number of amides is 1. The Morgan fingerprint density at radius 2 is 1.72 bits per heavy atom. The Kier molecular flexibility index (Phi) is 6.33. The van der Waals surface area contributed by atoms with Gasteiger partial charge in [-0.15, -0.1) is 0 Å². The largest absolute Gasteiger partial charge is 0.385 e. The van der Waals surface area contributed by atoms with Gasteiger partial charge in [-0.1, -0.05) is 46.6 Å². The minimum absolute atomic E-state index is 0.373. The molecule has 0 radical (unpaired) electrons. The quantitative estimate of drug-likeness (QED) is 0.581. The van der Waals surface area contributed by atoms with Crippen molar-refractivity contribution >= 4 is 32.9 Å². The summed E-state index contributed by atoms with van der Waals surface area (Å²) in [6, 6.07) is 14.1. The van der Waals surface area contributed by atoms with Gasteiger partial charge in [-0.2, -0.15) is 4.36 Å². The first-order valence-electron chi connectivity index (χ1n) is 7.52. The Hall–Kier alpha value is -2.18. The number of nitrogens with zero attached hydrogens (tertiary/aromatic N) is 2. The molecule has 1 amide bonds. The van der Waals surface area contributed by atoms with Crippen LogP contribution in [0.1, 0.15) is 18.1 Å². The lowest BCUT2D eigenvalue weighted by atomic mass is 10.1. The van der Waals surface area contributed by atoms with E-state index in [9.17, 15) is 9.00 Å². The first kappa shape index (κ1) is 19.1. The monoisotopic (exact) mass is 378 g/mol. The second-order valence-electron chi connectivity index (χ2n) is 5.56. The van der Waals surface area contributed by atoms with Gasteiger partial charge in [0.2, 0.25) is 0 Å². The average molecular weight is 379 g/mol. The van der Waals surface area contributed by atoms with Gasteiger partial charge < -0.3 is 4.84 Å². The lowest BCUT2D eigenvalue weighted by Gasteiger charge is -2.05. The molecule has 2 aromatic rings. The Bertz CT molecular complexity index is 897.